The van der Waals surface area contributed by atoms with Crippen LogP contribution in [0.5, 0.6) is 5.75 Å². The van der Waals surface area contributed by atoms with Crippen molar-refractivity contribution in [2.75, 3.05) is 13.2 Å². The van der Waals surface area contributed by atoms with Crippen LogP contribution in [-0.4, -0.2) is 25.1 Å². The van der Waals surface area contributed by atoms with E-state index in [2.05, 4.69) is 16.7 Å². The lowest BCUT2D eigenvalue weighted by molar-refractivity contribution is -0.123. The number of para-hydroxylation sites is 1. The predicted octanol–water partition coefficient (Wildman–Crippen LogP) is 1.38. The summed E-state index contributed by atoms with van der Waals surface area (Å²) in [6, 6.07) is 8.07. The van der Waals surface area contributed by atoms with Gasteiger partial charge in [0.05, 0.1) is 12.1 Å². The molecule has 4 nitrogen and oxygen atoms in total. The van der Waals surface area contributed by atoms with E-state index in [1.165, 1.54) is 0 Å². The lowest BCUT2D eigenvalue weighted by atomic mass is 10.1. The summed E-state index contributed by atoms with van der Waals surface area (Å²) < 4.78 is 5.62. The second-order valence-corrected chi connectivity index (χ2v) is 4.91. The first kappa shape index (κ1) is 11.5. The largest absolute Gasteiger partial charge is 0.491 e. The first-order valence-electron chi connectivity index (χ1n) is 6.60. The zero-order chi connectivity index (χ0) is 12.4. The fourth-order valence-corrected chi connectivity index (χ4v) is 2.64. The Morgan fingerprint density at radius 2 is 2.11 bits per heavy atom. The maximum Gasteiger partial charge on any atom is 0.237 e. The van der Waals surface area contributed by atoms with Crippen LogP contribution in [0, 0.1) is 0 Å². The molecule has 1 amide bonds. The van der Waals surface area contributed by atoms with E-state index >= 15 is 0 Å². The predicted molar refractivity (Wildman–Crippen MR) is 68.5 cm³/mol. The molecule has 1 fully saturated rings. The van der Waals surface area contributed by atoms with Crippen molar-refractivity contribution in [3.05, 3.63) is 29.8 Å². The van der Waals surface area contributed by atoms with Crippen LogP contribution in [0.25, 0.3) is 0 Å². The van der Waals surface area contributed by atoms with E-state index in [1.807, 2.05) is 18.2 Å². The van der Waals surface area contributed by atoms with Gasteiger partial charge in [-0.2, -0.15) is 0 Å². The van der Waals surface area contributed by atoms with Crippen molar-refractivity contribution in [2.24, 2.45) is 0 Å². The van der Waals surface area contributed by atoms with Crippen LogP contribution in [0.4, 0.5) is 0 Å². The molecule has 0 aromatic heterocycles. The third-order valence-electron chi connectivity index (χ3n) is 3.64. The standard InChI is InChI=1S/C14H18N2O2/c17-14-11(6-3-4-8-15-14)16-12-9-18-13-7-2-1-5-10(12)13/h1-2,5,7,11-12,16H,3-4,6,8-9H2,(H,15,17). The smallest absolute Gasteiger partial charge is 0.237 e. The summed E-state index contributed by atoms with van der Waals surface area (Å²) in [6.07, 6.45) is 3.07. The summed E-state index contributed by atoms with van der Waals surface area (Å²) in [6.45, 7) is 1.41. The van der Waals surface area contributed by atoms with Gasteiger partial charge >= 0.3 is 0 Å². The second-order valence-electron chi connectivity index (χ2n) is 4.91. The summed E-state index contributed by atoms with van der Waals surface area (Å²) in [5.74, 6) is 1.06. The second kappa shape index (κ2) is 4.98. The van der Waals surface area contributed by atoms with Crippen LogP contribution in [0.1, 0.15) is 30.9 Å². The van der Waals surface area contributed by atoms with Gasteiger partial charge in [0, 0.05) is 12.1 Å². The number of amides is 1. The summed E-state index contributed by atoms with van der Waals surface area (Å²) in [7, 11) is 0. The highest BCUT2D eigenvalue weighted by molar-refractivity contribution is 5.82. The van der Waals surface area contributed by atoms with Gasteiger partial charge in [0.1, 0.15) is 12.4 Å². The fraction of sp³-hybridized carbons (Fsp3) is 0.500. The van der Waals surface area contributed by atoms with E-state index < -0.39 is 0 Å². The van der Waals surface area contributed by atoms with Gasteiger partial charge in [-0.15, -0.1) is 0 Å². The van der Waals surface area contributed by atoms with Crippen molar-refractivity contribution in [3.8, 4) is 5.75 Å². The molecule has 2 aliphatic rings. The number of rotatable bonds is 2. The minimum atomic E-state index is -0.0905. The molecule has 0 bridgehead atoms. The number of hydrogen-bond acceptors (Lipinski definition) is 3. The molecule has 3 rings (SSSR count). The van der Waals surface area contributed by atoms with Crippen molar-refractivity contribution >= 4 is 5.91 Å². The van der Waals surface area contributed by atoms with E-state index in [0.717, 1.165) is 37.1 Å². The summed E-state index contributed by atoms with van der Waals surface area (Å²) >= 11 is 0. The minimum Gasteiger partial charge on any atom is -0.491 e. The quantitative estimate of drug-likeness (QED) is 0.829. The van der Waals surface area contributed by atoms with Gasteiger partial charge in [-0.3, -0.25) is 10.1 Å². The number of fused-ring (bicyclic) bond motifs is 1. The van der Waals surface area contributed by atoms with Crippen LogP contribution in [0.15, 0.2) is 24.3 Å². The maximum absolute atomic E-state index is 11.9. The maximum atomic E-state index is 11.9. The Morgan fingerprint density at radius 1 is 1.22 bits per heavy atom. The number of benzene rings is 1. The summed E-state index contributed by atoms with van der Waals surface area (Å²) in [5.41, 5.74) is 1.16. The molecule has 2 N–H and O–H groups in total. The van der Waals surface area contributed by atoms with E-state index in [4.69, 9.17) is 4.74 Å². The van der Waals surface area contributed by atoms with Crippen LogP contribution in [0.2, 0.25) is 0 Å². The van der Waals surface area contributed by atoms with Gasteiger partial charge in [-0.1, -0.05) is 18.2 Å². The van der Waals surface area contributed by atoms with Gasteiger partial charge in [0.2, 0.25) is 5.91 Å². The Labute approximate surface area is 107 Å². The van der Waals surface area contributed by atoms with Gasteiger partial charge < -0.3 is 10.1 Å². The number of ether oxygens (including phenoxy) is 1. The van der Waals surface area contributed by atoms with Crippen molar-refractivity contribution in [1.29, 1.82) is 0 Å². The van der Waals surface area contributed by atoms with Crippen molar-refractivity contribution < 1.29 is 9.53 Å². The van der Waals surface area contributed by atoms with Crippen LogP contribution in [-0.2, 0) is 4.79 Å². The lowest BCUT2D eigenvalue weighted by Crippen LogP contribution is -2.44. The molecule has 0 saturated carbocycles. The highest BCUT2D eigenvalue weighted by Crippen LogP contribution is 2.32. The summed E-state index contributed by atoms with van der Waals surface area (Å²) in [4.78, 5) is 11.9. The Morgan fingerprint density at radius 3 is 3.06 bits per heavy atom. The molecular formula is C14H18N2O2. The average molecular weight is 246 g/mol. The Balaban J connectivity index is 1.72. The molecule has 0 aliphatic carbocycles. The topological polar surface area (TPSA) is 50.4 Å². The van der Waals surface area contributed by atoms with Crippen LogP contribution >= 0.6 is 0 Å². The molecule has 0 spiro atoms. The first-order valence-corrected chi connectivity index (χ1v) is 6.60. The summed E-state index contributed by atoms with van der Waals surface area (Å²) in [5, 5.41) is 6.38. The number of carbonyl (C=O) groups excluding carboxylic acids is 1. The van der Waals surface area contributed by atoms with Crippen LogP contribution in [0.3, 0.4) is 0 Å². The zero-order valence-electron chi connectivity index (χ0n) is 10.3. The van der Waals surface area contributed by atoms with Crippen molar-refractivity contribution in [1.82, 2.24) is 10.6 Å². The number of hydrogen-bond donors (Lipinski definition) is 2. The van der Waals surface area contributed by atoms with Gasteiger partial charge in [-0.05, 0) is 25.3 Å². The van der Waals surface area contributed by atoms with Crippen molar-refractivity contribution in [2.45, 2.75) is 31.3 Å². The molecule has 1 saturated heterocycles. The Hall–Kier alpha value is -1.55. The third-order valence-corrected chi connectivity index (χ3v) is 3.64. The highest BCUT2D eigenvalue weighted by Gasteiger charge is 2.29. The highest BCUT2D eigenvalue weighted by atomic mass is 16.5. The van der Waals surface area contributed by atoms with Crippen LogP contribution < -0.4 is 15.4 Å². The SMILES string of the molecule is O=C1NCCCCC1NC1COc2ccccc21. The normalized spacial score (nSPS) is 27.0. The molecule has 2 heterocycles. The lowest BCUT2D eigenvalue weighted by Gasteiger charge is -2.19. The Bertz CT molecular complexity index is 447. The molecule has 2 aliphatic heterocycles. The van der Waals surface area contributed by atoms with Gasteiger partial charge in [-0.25, -0.2) is 0 Å². The average Bonchev–Trinajstić information content (AvgIpc) is 2.69. The third kappa shape index (κ3) is 2.20. The minimum absolute atomic E-state index is 0.0905. The van der Waals surface area contributed by atoms with Crippen molar-refractivity contribution in [3.63, 3.8) is 0 Å². The van der Waals surface area contributed by atoms with E-state index in [9.17, 15) is 4.79 Å². The number of carbonyl (C=O) groups is 1. The molecule has 18 heavy (non-hydrogen) atoms. The monoisotopic (exact) mass is 246 g/mol. The fourth-order valence-electron chi connectivity index (χ4n) is 2.64. The molecule has 96 valence electrons. The van der Waals surface area contributed by atoms with E-state index in [1.54, 1.807) is 0 Å². The molecule has 1 aromatic rings. The number of nitrogens with one attached hydrogen (secondary N) is 2. The zero-order valence-corrected chi connectivity index (χ0v) is 10.3. The molecule has 1 aromatic carbocycles. The molecule has 0 radical (unpaired) electrons. The molecular weight excluding hydrogens is 228 g/mol. The molecule has 2 atom stereocenters. The first-order chi connectivity index (χ1) is 8.84. The molecule has 2 unspecified atom stereocenters. The molecule has 4 heteroatoms. The van der Waals surface area contributed by atoms with Gasteiger partial charge in [0.25, 0.3) is 0 Å². The Kier molecular flexibility index (Phi) is 3.19. The van der Waals surface area contributed by atoms with E-state index in [-0.39, 0.29) is 18.0 Å². The van der Waals surface area contributed by atoms with Gasteiger partial charge in [0.15, 0.2) is 0 Å². The van der Waals surface area contributed by atoms with E-state index in [0.29, 0.717) is 6.61 Å².